The highest BCUT2D eigenvalue weighted by Crippen LogP contribution is 2.39. The Labute approximate surface area is 133 Å². The molecule has 0 amide bonds. The normalized spacial score (nSPS) is 11.2. The summed E-state index contributed by atoms with van der Waals surface area (Å²) in [5.74, 6) is 0. The minimum atomic E-state index is 0.643. The lowest BCUT2D eigenvalue weighted by molar-refractivity contribution is 0.826. The summed E-state index contributed by atoms with van der Waals surface area (Å²) in [5.41, 5.74) is 8.35. The smallest absolute Gasteiger partial charge is 0.0838 e. The molecule has 3 rings (SSSR count). The van der Waals surface area contributed by atoms with Crippen molar-refractivity contribution in [2.24, 2.45) is 12.8 Å². The van der Waals surface area contributed by atoms with E-state index in [9.17, 15) is 0 Å². The van der Waals surface area contributed by atoms with Gasteiger partial charge in [-0.25, -0.2) is 0 Å². The molecule has 108 valence electrons. The molecule has 0 saturated carbocycles. The fraction of sp³-hybridized carbons (Fsp3) is 0.176. The number of aryl methyl sites for hydroxylation is 1. The van der Waals surface area contributed by atoms with Gasteiger partial charge in [0, 0.05) is 22.8 Å². The standard InChI is InChI=1S/C17H17ClN2S/c1-20-15-8-4-2-6-12(15)13(10-11-19)17(20)21-16-9-5-3-7-14(16)18/h2-9H,10-11,19H2,1H3. The van der Waals surface area contributed by atoms with Crippen molar-refractivity contribution in [2.75, 3.05) is 6.54 Å². The Kier molecular flexibility index (Phi) is 4.24. The molecule has 0 bridgehead atoms. The average molecular weight is 317 g/mol. The number of para-hydroxylation sites is 1. The van der Waals surface area contributed by atoms with Gasteiger partial charge in [0.1, 0.15) is 0 Å². The Bertz CT molecular complexity index is 780. The van der Waals surface area contributed by atoms with Gasteiger partial charge in [-0.2, -0.15) is 0 Å². The van der Waals surface area contributed by atoms with E-state index in [1.807, 2.05) is 18.2 Å². The van der Waals surface area contributed by atoms with Crippen molar-refractivity contribution in [3.05, 3.63) is 59.1 Å². The molecule has 1 heterocycles. The van der Waals surface area contributed by atoms with E-state index in [0.717, 1.165) is 16.3 Å². The van der Waals surface area contributed by atoms with E-state index < -0.39 is 0 Å². The van der Waals surface area contributed by atoms with Gasteiger partial charge in [0.2, 0.25) is 0 Å². The van der Waals surface area contributed by atoms with E-state index in [2.05, 4.69) is 41.9 Å². The first-order valence-corrected chi connectivity index (χ1v) is 8.10. The van der Waals surface area contributed by atoms with Crippen molar-refractivity contribution in [2.45, 2.75) is 16.3 Å². The number of nitrogens with two attached hydrogens (primary N) is 1. The molecule has 0 unspecified atom stereocenters. The largest absolute Gasteiger partial charge is 0.338 e. The lowest BCUT2D eigenvalue weighted by atomic mass is 10.1. The van der Waals surface area contributed by atoms with E-state index in [0.29, 0.717) is 6.54 Å². The van der Waals surface area contributed by atoms with Gasteiger partial charge in [-0.1, -0.05) is 53.7 Å². The Balaban J connectivity index is 2.15. The summed E-state index contributed by atoms with van der Waals surface area (Å²) in [5, 5.41) is 3.28. The van der Waals surface area contributed by atoms with Crippen LogP contribution in [0.25, 0.3) is 10.9 Å². The quantitative estimate of drug-likeness (QED) is 0.769. The molecule has 0 aliphatic rings. The molecule has 3 aromatic rings. The van der Waals surface area contributed by atoms with Crippen LogP contribution in [0, 0.1) is 0 Å². The van der Waals surface area contributed by atoms with E-state index in [1.165, 1.54) is 21.5 Å². The van der Waals surface area contributed by atoms with Crippen molar-refractivity contribution in [1.29, 1.82) is 0 Å². The minimum Gasteiger partial charge on any atom is -0.338 e. The van der Waals surface area contributed by atoms with Crippen LogP contribution in [0.5, 0.6) is 0 Å². The Hall–Kier alpha value is -1.42. The summed E-state index contributed by atoms with van der Waals surface area (Å²) < 4.78 is 2.23. The summed E-state index contributed by atoms with van der Waals surface area (Å²) in [6.07, 6.45) is 0.869. The predicted octanol–water partition coefficient (Wildman–Crippen LogP) is 4.48. The van der Waals surface area contributed by atoms with Gasteiger partial charge in [0.15, 0.2) is 0 Å². The van der Waals surface area contributed by atoms with Crippen LogP contribution >= 0.6 is 23.4 Å². The number of halogens is 1. The zero-order chi connectivity index (χ0) is 14.8. The van der Waals surface area contributed by atoms with Crippen molar-refractivity contribution in [1.82, 2.24) is 4.57 Å². The lowest BCUT2D eigenvalue weighted by Crippen LogP contribution is -2.03. The number of hydrogen-bond acceptors (Lipinski definition) is 2. The van der Waals surface area contributed by atoms with E-state index >= 15 is 0 Å². The SMILES string of the molecule is Cn1c(Sc2ccccc2Cl)c(CCN)c2ccccc21. The summed E-state index contributed by atoms with van der Waals surface area (Å²) in [6.45, 7) is 0.643. The van der Waals surface area contributed by atoms with Gasteiger partial charge in [-0.3, -0.25) is 0 Å². The maximum Gasteiger partial charge on any atom is 0.0838 e. The first kappa shape index (κ1) is 14.5. The van der Waals surface area contributed by atoms with Crippen LogP contribution in [-0.4, -0.2) is 11.1 Å². The van der Waals surface area contributed by atoms with E-state index in [-0.39, 0.29) is 0 Å². The Morgan fingerprint density at radius 3 is 2.57 bits per heavy atom. The Morgan fingerprint density at radius 1 is 1.10 bits per heavy atom. The summed E-state index contributed by atoms with van der Waals surface area (Å²) in [6, 6.07) is 16.4. The number of hydrogen-bond donors (Lipinski definition) is 1. The third kappa shape index (κ3) is 2.69. The number of nitrogens with zero attached hydrogens (tertiary/aromatic N) is 1. The first-order chi connectivity index (χ1) is 10.2. The van der Waals surface area contributed by atoms with Crippen molar-refractivity contribution < 1.29 is 0 Å². The molecule has 1 aromatic heterocycles. The molecule has 2 nitrogen and oxygen atoms in total. The monoisotopic (exact) mass is 316 g/mol. The van der Waals surface area contributed by atoms with E-state index in [1.54, 1.807) is 11.8 Å². The minimum absolute atomic E-state index is 0.643. The molecule has 4 heteroatoms. The highest BCUT2D eigenvalue weighted by molar-refractivity contribution is 7.99. The second kappa shape index (κ2) is 6.14. The van der Waals surface area contributed by atoms with Crippen LogP contribution in [0.4, 0.5) is 0 Å². The number of fused-ring (bicyclic) bond motifs is 1. The fourth-order valence-corrected chi connectivity index (χ4v) is 3.94. The second-order valence-corrected chi connectivity index (χ2v) is 6.37. The topological polar surface area (TPSA) is 30.9 Å². The lowest BCUT2D eigenvalue weighted by Gasteiger charge is -2.08. The Morgan fingerprint density at radius 2 is 1.81 bits per heavy atom. The maximum absolute atomic E-state index is 6.30. The molecule has 0 fully saturated rings. The molecule has 2 aromatic carbocycles. The number of benzene rings is 2. The number of rotatable bonds is 4. The van der Waals surface area contributed by atoms with Crippen LogP contribution in [0.1, 0.15) is 5.56 Å². The van der Waals surface area contributed by atoms with Crippen LogP contribution in [0.3, 0.4) is 0 Å². The second-order valence-electron chi connectivity index (χ2n) is 4.93. The fourth-order valence-electron chi connectivity index (χ4n) is 2.60. The molecule has 0 radical (unpaired) electrons. The zero-order valence-corrected chi connectivity index (χ0v) is 13.4. The van der Waals surface area contributed by atoms with Crippen LogP contribution in [-0.2, 0) is 13.5 Å². The predicted molar refractivity (Wildman–Crippen MR) is 91.3 cm³/mol. The molecular formula is C17H17ClN2S. The van der Waals surface area contributed by atoms with Crippen molar-refractivity contribution >= 4 is 34.3 Å². The highest BCUT2D eigenvalue weighted by Gasteiger charge is 2.16. The van der Waals surface area contributed by atoms with Gasteiger partial charge in [0.05, 0.1) is 10.0 Å². The highest BCUT2D eigenvalue weighted by atomic mass is 35.5. The molecular weight excluding hydrogens is 300 g/mol. The molecule has 21 heavy (non-hydrogen) atoms. The molecule has 0 aliphatic carbocycles. The first-order valence-electron chi connectivity index (χ1n) is 6.91. The molecule has 0 saturated heterocycles. The third-order valence-corrected chi connectivity index (χ3v) is 5.32. The molecule has 0 atom stereocenters. The summed E-state index contributed by atoms with van der Waals surface area (Å²) >= 11 is 8.01. The summed E-state index contributed by atoms with van der Waals surface area (Å²) in [4.78, 5) is 1.07. The zero-order valence-electron chi connectivity index (χ0n) is 11.8. The maximum atomic E-state index is 6.30. The van der Waals surface area contributed by atoms with Crippen LogP contribution in [0.15, 0.2) is 58.5 Å². The van der Waals surface area contributed by atoms with E-state index in [4.69, 9.17) is 17.3 Å². The summed E-state index contributed by atoms with van der Waals surface area (Å²) in [7, 11) is 2.10. The average Bonchev–Trinajstić information content (AvgIpc) is 2.76. The number of aromatic nitrogens is 1. The molecule has 2 N–H and O–H groups in total. The van der Waals surface area contributed by atoms with Gasteiger partial charge in [-0.05, 0) is 36.7 Å². The van der Waals surface area contributed by atoms with Gasteiger partial charge < -0.3 is 10.3 Å². The van der Waals surface area contributed by atoms with Gasteiger partial charge in [0.25, 0.3) is 0 Å². The van der Waals surface area contributed by atoms with Gasteiger partial charge >= 0.3 is 0 Å². The van der Waals surface area contributed by atoms with Gasteiger partial charge in [-0.15, -0.1) is 0 Å². The molecule has 0 aliphatic heterocycles. The van der Waals surface area contributed by atoms with Crippen LogP contribution in [0.2, 0.25) is 5.02 Å². The van der Waals surface area contributed by atoms with Crippen molar-refractivity contribution in [3.8, 4) is 0 Å². The molecule has 0 spiro atoms. The van der Waals surface area contributed by atoms with Crippen molar-refractivity contribution in [3.63, 3.8) is 0 Å². The third-order valence-electron chi connectivity index (χ3n) is 3.59. The van der Waals surface area contributed by atoms with Crippen LogP contribution < -0.4 is 5.73 Å².